The van der Waals surface area contributed by atoms with Crippen LogP contribution in [-0.4, -0.2) is 4.57 Å². The minimum absolute atomic E-state index is 0.147. The quantitative estimate of drug-likeness (QED) is 0.650. The van der Waals surface area contributed by atoms with Crippen LogP contribution in [0.2, 0.25) is 0 Å². The van der Waals surface area contributed by atoms with Crippen LogP contribution in [0, 0.1) is 0 Å². The van der Waals surface area contributed by atoms with Gasteiger partial charge in [-0.1, -0.05) is 49.6 Å². The van der Waals surface area contributed by atoms with Crippen molar-refractivity contribution in [3.63, 3.8) is 0 Å². The van der Waals surface area contributed by atoms with Crippen molar-refractivity contribution < 1.29 is 0 Å². The molecule has 4 rings (SSSR count). The van der Waals surface area contributed by atoms with Crippen LogP contribution in [0.15, 0.2) is 65.5 Å². The molecule has 0 N–H and O–H groups in total. The number of para-hydroxylation sites is 2. The molecule has 2 aromatic carbocycles. The van der Waals surface area contributed by atoms with Gasteiger partial charge in [-0.2, -0.15) is 0 Å². The molecule has 0 atom stereocenters. The van der Waals surface area contributed by atoms with Gasteiger partial charge in [-0.25, -0.2) is 0 Å². The molecule has 0 amide bonds. The number of pyridine rings is 1. The lowest BCUT2D eigenvalue weighted by molar-refractivity contribution is 0.432. The van der Waals surface area contributed by atoms with Gasteiger partial charge in [-0.3, -0.25) is 4.79 Å². The Balaban J connectivity index is 2.02. The van der Waals surface area contributed by atoms with E-state index in [0.29, 0.717) is 5.92 Å². The number of hydrogen-bond donors (Lipinski definition) is 0. The van der Waals surface area contributed by atoms with Crippen molar-refractivity contribution in [3.8, 4) is 5.69 Å². The van der Waals surface area contributed by atoms with Gasteiger partial charge in [0.2, 0.25) is 0 Å². The highest BCUT2D eigenvalue weighted by atomic mass is 16.1. The van der Waals surface area contributed by atoms with Crippen LogP contribution in [0.25, 0.3) is 16.6 Å². The van der Waals surface area contributed by atoms with Gasteiger partial charge in [0.1, 0.15) is 0 Å². The second-order valence-electron chi connectivity index (χ2n) is 6.46. The van der Waals surface area contributed by atoms with Gasteiger partial charge in [0.15, 0.2) is 5.43 Å². The first-order valence-corrected chi connectivity index (χ1v) is 8.55. The van der Waals surface area contributed by atoms with Gasteiger partial charge in [0.05, 0.1) is 5.52 Å². The molecule has 2 nitrogen and oxygen atoms in total. The maximum absolute atomic E-state index is 12.6. The topological polar surface area (TPSA) is 22.0 Å². The molecule has 0 bridgehead atoms. The molecule has 3 aromatic rings. The Morgan fingerprint density at radius 2 is 1.52 bits per heavy atom. The summed E-state index contributed by atoms with van der Waals surface area (Å²) >= 11 is 0. The predicted molar refractivity (Wildman–Crippen MR) is 95.4 cm³/mol. The fraction of sp³-hybridized carbons (Fsp3) is 0.286. The second kappa shape index (κ2) is 6.04. The maximum atomic E-state index is 12.6. The zero-order chi connectivity index (χ0) is 15.6. The summed E-state index contributed by atoms with van der Waals surface area (Å²) < 4.78 is 2.30. The Bertz CT molecular complexity index is 873. The lowest BCUT2D eigenvalue weighted by Gasteiger charge is -2.26. The smallest absolute Gasteiger partial charge is 0.189 e. The first kappa shape index (κ1) is 14.3. The molecule has 0 aliphatic heterocycles. The standard InChI is InChI=1S/C21H21NO/c23-21-15-20(16-9-3-1-4-10-16)22(17-11-5-2-6-12-17)19-14-8-7-13-18(19)21/h2,5-8,11-16H,1,3-4,9-10H2. The van der Waals surface area contributed by atoms with Crippen molar-refractivity contribution in [2.45, 2.75) is 38.0 Å². The van der Waals surface area contributed by atoms with E-state index >= 15 is 0 Å². The van der Waals surface area contributed by atoms with Crippen LogP contribution in [0.3, 0.4) is 0 Å². The summed E-state index contributed by atoms with van der Waals surface area (Å²) in [5.41, 5.74) is 3.49. The normalized spacial score (nSPS) is 15.8. The molecule has 1 aliphatic rings. The molecular weight excluding hydrogens is 282 g/mol. The van der Waals surface area contributed by atoms with E-state index in [4.69, 9.17) is 0 Å². The summed E-state index contributed by atoms with van der Waals surface area (Å²) in [5.74, 6) is 0.487. The first-order valence-electron chi connectivity index (χ1n) is 8.55. The molecule has 0 radical (unpaired) electrons. The SMILES string of the molecule is O=c1cc(C2CCCCC2)n(-c2ccccc2)c2ccccc12. The summed E-state index contributed by atoms with van der Waals surface area (Å²) in [6.45, 7) is 0. The van der Waals surface area contributed by atoms with Crippen molar-refractivity contribution in [1.82, 2.24) is 4.57 Å². The molecule has 0 saturated heterocycles. The van der Waals surface area contributed by atoms with Gasteiger partial charge in [-0.15, -0.1) is 0 Å². The minimum atomic E-state index is 0.147. The summed E-state index contributed by atoms with van der Waals surface area (Å²) in [6, 6.07) is 20.3. The summed E-state index contributed by atoms with van der Waals surface area (Å²) in [5, 5.41) is 0.802. The lowest BCUT2D eigenvalue weighted by atomic mass is 9.86. The average Bonchev–Trinajstić information content (AvgIpc) is 2.63. The third kappa shape index (κ3) is 2.59. The van der Waals surface area contributed by atoms with E-state index < -0.39 is 0 Å². The molecule has 1 saturated carbocycles. The Labute approximate surface area is 136 Å². The fourth-order valence-corrected chi connectivity index (χ4v) is 3.86. The molecular formula is C21H21NO. The van der Waals surface area contributed by atoms with Crippen LogP contribution in [0.4, 0.5) is 0 Å². The number of fused-ring (bicyclic) bond motifs is 1. The van der Waals surface area contributed by atoms with Crippen LogP contribution in [-0.2, 0) is 0 Å². The zero-order valence-electron chi connectivity index (χ0n) is 13.2. The van der Waals surface area contributed by atoms with Crippen LogP contribution < -0.4 is 5.43 Å². The van der Waals surface area contributed by atoms with Crippen molar-refractivity contribution in [3.05, 3.63) is 76.6 Å². The molecule has 116 valence electrons. The van der Waals surface area contributed by atoms with Gasteiger partial charge in [0, 0.05) is 22.8 Å². The Kier molecular flexibility index (Phi) is 3.74. The van der Waals surface area contributed by atoms with Gasteiger partial charge < -0.3 is 4.57 Å². The van der Waals surface area contributed by atoms with E-state index in [1.54, 1.807) is 0 Å². The molecule has 0 spiro atoms. The largest absolute Gasteiger partial charge is 0.313 e. The van der Waals surface area contributed by atoms with Crippen LogP contribution in [0.1, 0.15) is 43.7 Å². The third-order valence-electron chi connectivity index (χ3n) is 4.99. The van der Waals surface area contributed by atoms with E-state index in [1.807, 2.05) is 30.3 Å². The Morgan fingerprint density at radius 3 is 2.30 bits per heavy atom. The number of benzene rings is 2. The van der Waals surface area contributed by atoms with Gasteiger partial charge >= 0.3 is 0 Å². The molecule has 2 heteroatoms. The van der Waals surface area contributed by atoms with Crippen molar-refractivity contribution in [2.75, 3.05) is 0 Å². The predicted octanol–water partition coefficient (Wildman–Crippen LogP) is 5.04. The molecule has 1 fully saturated rings. The first-order chi connectivity index (χ1) is 11.3. The lowest BCUT2D eigenvalue weighted by Crippen LogP contribution is -2.17. The number of aromatic nitrogens is 1. The summed E-state index contributed by atoms with van der Waals surface area (Å²) in [4.78, 5) is 12.6. The highest BCUT2D eigenvalue weighted by Crippen LogP contribution is 2.34. The third-order valence-corrected chi connectivity index (χ3v) is 4.99. The number of hydrogen-bond acceptors (Lipinski definition) is 1. The summed E-state index contributed by atoms with van der Waals surface area (Å²) in [7, 11) is 0. The van der Waals surface area contributed by atoms with E-state index in [-0.39, 0.29) is 5.43 Å². The Morgan fingerprint density at radius 1 is 0.826 bits per heavy atom. The second-order valence-corrected chi connectivity index (χ2v) is 6.46. The zero-order valence-corrected chi connectivity index (χ0v) is 13.2. The van der Waals surface area contributed by atoms with E-state index in [2.05, 4.69) is 34.9 Å². The molecule has 23 heavy (non-hydrogen) atoms. The maximum Gasteiger partial charge on any atom is 0.189 e. The fourth-order valence-electron chi connectivity index (χ4n) is 3.86. The van der Waals surface area contributed by atoms with E-state index in [0.717, 1.165) is 16.6 Å². The molecule has 0 unspecified atom stereocenters. The highest BCUT2D eigenvalue weighted by molar-refractivity contribution is 5.81. The monoisotopic (exact) mass is 303 g/mol. The van der Waals surface area contributed by atoms with E-state index in [9.17, 15) is 4.79 Å². The van der Waals surface area contributed by atoms with Crippen molar-refractivity contribution >= 4 is 10.9 Å². The van der Waals surface area contributed by atoms with Gasteiger partial charge in [0.25, 0.3) is 0 Å². The van der Waals surface area contributed by atoms with Gasteiger partial charge in [-0.05, 0) is 43.0 Å². The van der Waals surface area contributed by atoms with Crippen molar-refractivity contribution in [2.24, 2.45) is 0 Å². The number of nitrogens with zero attached hydrogens (tertiary/aromatic N) is 1. The highest BCUT2D eigenvalue weighted by Gasteiger charge is 2.21. The number of rotatable bonds is 2. The van der Waals surface area contributed by atoms with E-state index in [1.165, 1.54) is 37.8 Å². The molecule has 1 aliphatic carbocycles. The summed E-state index contributed by atoms with van der Waals surface area (Å²) in [6.07, 6.45) is 6.22. The van der Waals surface area contributed by atoms with Crippen LogP contribution in [0.5, 0.6) is 0 Å². The van der Waals surface area contributed by atoms with Crippen LogP contribution >= 0.6 is 0 Å². The van der Waals surface area contributed by atoms with Crippen molar-refractivity contribution in [1.29, 1.82) is 0 Å². The minimum Gasteiger partial charge on any atom is -0.313 e. The molecule has 1 aromatic heterocycles. The Hall–Kier alpha value is -2.35. The average molecular weight is 303 g/mol. The molecule has 1 heterocycles.